The lowest BCUT2D eigenvalue weighted by atomic mass is 10.4. The van der Waals surface area contributed by atoms with Crippen molar-refractivity contribution in [3.63, 3.8) is 0 Å². The van der Waals surface area contributed by atoms with E-state index in [-0.39, 0.29) is 11.6 Å². The topological polar surface area (TPSA) is 87.8 Å². The fourth-order valence-electron chi connectivity index (χ4n) is 1.67. The first kappa shape index (κ1) is 11.5. The summed E-state index contributed by atoms with van der Waals surface area (Å²) in [5.41, 5.74) is 0.0119. The number of hydrogen-bond acceptors (Lipinski definition) is 5. The Morgan fingerprint density at radius 3 is 2.82 bits per heavy atom. The minimum Gasteiger partial charge on any atom is -0.450 e. The fraction of sp³-hybridized carbons (Fsp3) is 0.667. The van der Waals surface area contributed by atoms with Crippen LogP contribution in [0.5, 0.6) is 0 Å². The number of nitrogens with one attached hydrogen (secondary N) is 1. The molecule has 0 saturated carbocycles. The van der Waals surface area contributed by atoms with E-state index in [1.165, 1.54) is 11.0 Å². The molecule has 8 nitrogen and oxygen atoms in total. The molecule has 8 heteroatoms. The Kier molecular flexibility index (Phi) is 3.31. The van der Waals surface area contributed by atoms with Crippen LogP contribution in [0.1, 0.15) is 6.92 Å². The molecule has 1 aromatic rings. The van der Waals surface area contributed by atoms with Crippen molar-refractivity contribution >= 4 is 6.09 Å². The highest BCUT2D eigenvalue weighted by Gasteiger charge is 2.22. The number of carbonyl (C=O) groups excluding carboxylic acids is 1. The number of carbonyl (C=O) groups is 1. The molecule has 0 bridgehead atoms. The highest BCUT2D eigenvalue weighted by Crippen LogP contribution is 1.99. The molecule has 0 spiro atoms. The lowest BCUT2D eigenvalue weighted by Crippen LogP contribution is -2.66. The highest BCUT2D eigenvalue weighted by molar-refractivity contribution is 5.67. The lowest BCUT2D eigenvalue weighted by Gasteiger charge is -2.34. The SMILES string of the molecule is CCOC(=O)N1CCN([n+]2cc(=N)o[n-]2)CC1. The van der Waals surface area contributed by atoms with Crippen molar-refractivity contribution in [3.05, 3.63) is 11.8 Å². The molecule has 94 valence electrons. The van der Waals surface area contributed by atoms with E-state index in [0.29, 0.717) is 32.8 Å². The van der Waals surface area contributed by atoms with Crippen LogP contribution in [0.15, 0.2) is 10.7 Å². The molecule has 0 atom stereocenters. The fourth-order valence-corrected chi connectivity index (χ4v) is 1.67. The van der Waals surface area contributed by atoms with E-state index in [9.17, 15) is 4.79 Å². The van der Waals surface area contributed by atoms with E-state index < -0.39 is 0 Å². The van der Waals surface area contributed by atoms with Gasteiger partial charge in [-0.05, 0) is 12.2 Å². The van der Waals surface area contributed by atoms with Crippen LogP contribution in [0.3, 0.4) is 0 Å². The van der Waals surface area contributed by atoms with Gasteiger partial charge in [-0.1, -0.05) is 4.79 Å². The first-order valence-corrected chi connectivity index (χ1v) is 5.48. The van der Waals surface area contributed by atoms with Crippen molar-refractivity contribution in [2.24, 2.45) is 0 Å². The maximum absolute atomic E-state index is 11.5. The summed E-state index contributed by atoms with van der Waals surface area (Å²) < 4.78 is 9.59. The second kappa shape index (κ2) is 4.89. The van der Waals surface area contributed by atoms with E-state index >= 15 is 0 Å². The molecule has 0 aliphatic carbocycles. The summed E-state index contributed by atoms with van der Waals surface area (Å²) in [6.07, 6.45) is 1.21. The standard InChI is InChI=1S/C9H15N5O3/c1-2-16-9(15)12-3-5-13(6-4-12)14-7-8(10)17-11-14/h7,10H,2-6H2,1H3. The molecule has 1 aliphatic rings. The molecule has 0 unspecified atom stereocenters. The van der Waals surface area contributed by atoms with Crippen molar-refractivity contribution in [1.29, 1.82) is 5.41 Å². The van der Waals surface area contributed by atoms with E-state index in [2.05, 4.69) is 9.79 Å². The first-order valence-electron chi connectivity index (χ1n) is 5.48. The summed E-state index contributed by atoms with van der Waals surface area (Å²) in [4.78, 5) is 14.6. The average molecular weight is 241 g/mol. The number of nitrogens with zero attached hydrogens (tertiary/aromatic N) is 4. The van der Waals surface area contributed by atoms with E-state index in [1.807, 2.05) is 5.01 Å². The molecule has 1 saturated heterocycles. The van der Waals surface area contributed by atoms with Gasteiger partial charge in [-0.25, -0.2) is 4.79 Å². The van der Waals surface area contributed by atoms with Crippen molar-refractivity contribution in [3.8, 4) is 0 Å². The Bertz CT molecular complexity index is 432. The van der Waals surface area contributed by atoms with Crippen LogP contribution in [0.4, 0.5) is 4.79 Å². The first-order chi connectivity index (χ1) is 8.20. The Hall–Kier alpha value is -1.99. The van der Waals surface area contributed by atoms with Crippen molar-refractivity contribution in [1.82, 2.24) is 10.2 Å². The van der Waals surface area contributed by atoms with Crippen LogP contribution in [0.2, 0.25) is 0 Å². The highest BCUT2D eigenvalue weighted by atomic mass is 16.6. The molecule has 0 aromatic carbocycles. The van der Waals surface area contributed by atoms with Gasteiger partial charge in [0.05, 0.1) is 6.61 Å². The predicted octanol–water partition coefficient (Wildman–Crippen LogP) is -1.59. The van der Waals surface area contributed by atoms with Gasteiger partial charge in [-0.2, -0.15) is 0 Å². The van der Waals surface area contributed by atoms with Crippen LogP contribution in [-0.4, -0.2) is 43.8 Å². The molecule has 2 heterocycles. The zero-order valence-corrected chi connectivity index (χ0v) is 9.63. The zero-order valence-electron chi connectivity index (χ0n) is 9.63. The molecule has 1 N–H and O–H groups in total. The Morgan fingerprint density at radius 2 is 2.29 bits per heavy atom. The van der Waals surface area contributed by atoms with Crippen LogP contribution >= 0.6 is 0 Å². The Labute approximate surface area is 97.8 Å². The molecule has 17 heavy (non-hydrogen) atoms. The van der Waals surface area contributed by atoms with Gasteiger partial charge in [0, 0.05) is 26.2 Å². The third kappa shape index (κ3) is 2.58. The molecule has 1 aliphatic heterocycles. The molecule has 2 rings (SSSR count). The van der Waals surface area contributed by atoms with Gasteiger partial charge in [-0.15, -0.1) is 0 Å². The number of ether oxygens (including phenoxy) is 1. The van der Waals surface area contributed by atoms with Crippen molar-refractivity contribution < 1.29 is 18.8 Å². The summed E-state index contributed by atoms with van der Waals surface area (Å²) in [6.45, 7) is 4.59. The number of hydrogen-bond donors (Lipinski definition) is 1. The maximum Gasteiger partial charge on any atom is 0.409 e. The molecule has 1 aromatic heterocycles. The van der Waals surface area contributed by atoms with Crippen molar-refractivity contribution in [2.45, 2.75) is 6.92 Å². The van der Waals surface area contributed by atoms with E-state index in [0.717, 1.165) is 0 Å². The summed E-state index contributed by atoms with van der Waals surface area (Å²) in [5, 5.41) is 12.8. The van der Waals surface area contributed by atoms with Crippen molar-refractivity contribution in [2.75, 3.05) is 37.8 Å². The largest absolute Gasteiger partial charge is 0.450 e. The second-order valence-electron chi connectivity index (χ2n) is 3.63. The minimum atomic E-state index is -0.279. The number of piperazine rings is 1. The molecular formula is C9H15N5O3. The minimum absolute atomic E-state index is 0.0119. The van der Waals surface area contributed by atoms with Gasteiger partial charge in [0.25, 0.3) is 11.8 Å². The monoisotopic (exact) mass is 241 g/mol. The summed E-state index contributed by atoms with van der Waals surface area (Å²) in [6, 6.07) is 0. The summed E-state index contributed by atoms with van der Waals surface area (Å²) >= 11 is 0. The normalized spacial score (nSPS) is 16.1. The number of amides is 1. The van der Waals surface area contributed by atoms with E-state index in [4.69, 9.17) is 10.1 Å². The second-order valence-corrected chi connectivity index (χ2v) is 3.63. The van der Waals surface area contributed by atoms with Crippen LogP contribution in [0.25, 0.3) is 0 Å². The zero-order chi connectivity index (χ0) is 12.3. The van der Waals surface area contributed by atoms with Gasteiger partial charge in [-0.3, -0.25) is 10.4 Å². The average Bonchev–Trinajstić information content (AvgIpc) is 2.76. The van der Waals surface area contributed by atoms with Crippen LogP contribution < -0.4 is 20.6 Å². The third-order valence-electron chi connectivity index (χ3n) is 2.53. The molecule has 1 amide bonds. The van der Waals surface area contributed by atoms with Gasteiger partial charge in [0.2, 0.25) is 0 Å². The lowest BCUT2D eigenvalue weighted by molar-refractivity contribution is -0.764. The van der Waals surface area contributed by atoms with Gasteiger partial charge in [0.1, 0.15) is 0 Å². The van der Waals surface area contributed by atoms with E-state index in [1.54, 1.807) is 11.8 Å². The van der Waals surface area contributed by atoms with Crippen LogP contribution in [-0.2, 0) is 4.74 Å². The van der Waals surface area contributed by atoms with Gasteiger partial charge >= 0.3 is 6.09 Å². The molecular weight excluding hydrogens is 226 g/mol. The maximum atomic E-state index is 11.5. The predicted molar refractivity (Wildman–Crippen MR) is 54.6 cm³/mol. The Morgan fingerprint density at radius 1 is 1.59 bits per heavy atom. The quantitative estimate of drug-likeness (QED) is 0.631. The van der Waals surface area contributed by atoms with Gasteiger partial charge < -0.3 is 14.2 Å². The van der Waals surface area contributed by atoms with Gasteiger partial charge in [0.15, 0.2) is 0 Å². The third-order valence-corrected chi connectivity index (χ3v) is 2.53. The Balaban J connectivity index is 1.90. The smallest absolute Gasteiger partial charge is 0.409 e. The summed E-state index contributed by atoms with van der Waals surface area (Å²) in [7, 11) is 0. The summed E-state index contributed by atoms with van der Waals surface area (Å²) in [5.74, 6) is 0. The number of rotatable bonds is 2. The van der Waals surface area contributed by atoms with Crippen LogP contribution in [0, 0.1) is 5.41 Å². The number of aromatic nitrogens is 2. The molecule has 1 fully saturated rings. The molecule has 0 radical (unpaired) electrons.